The zero-order chi connectivity index (χ0) is 22.5. The van der Waals surface area contributed by atoms with Gasteiger partial charge in [0.1, 0.15) is 12.4 Å². The van der Waals surface area contributed by atoms with Gasteiger partial charge in [-0.1, -0.05) is 12.1 Å². The van der Waals surface area contributed by atoms with E-state index in [-0.39, 0.29) is 11.9 Å². The van der Waals surface area contributed by atoms with Crippen LogP contribution in [-0.4, -0.2) is 66.1 Å². The predicted molar refractivity (Wildman–Crippen MR) is 123 cm³/mol. The van der Waals surface area contributed by atoms with Gasteiger partial charge in [0.05, 0.1) is 25.4 Å². The van der Waals surface area contributed by atoms with E-state index >= 15 is 0 Å². The van der Waals surface area contributed by atoms with Crippen LogP contribution in [0.4, 0.5) is 5.82 Å². The molecule has 0 bridgehead atoms. The largest absolute Gasteiger partial charge is 0.493 e. The van der Waals surface area contributed by atoms with Crippen molar-refractivity contribution in [3.63, 3.8) is 0 Å². The lowest BCUT2D eigenvalue weighted by molar-refractivity contribution is -0.132. The molecule has 0 unspecified atom stereocenters. The first-order valence-electron chi connectivity index (χ1n) is 11.4. The molecule has 1 fully saturated rings. The number of carbonyl (C=O) groups is 1. The average molecular weight is 440 g/mol. The Labute approximate surface area is 189 Å². The Balaban J connectivity index is 1.52. The first-order valence-corrected chi connectivity index (χ1v) is 11.4. The highest BCUT2D eigenvalue weighted by Gasteiger charge is 2.30. The number of hydrogen-bond acceptors (Lipinski definition) is 7. The zero-order valence-electron chi connectivity index (χ0n) is 19.3. The highest BCUT2D eigenvalue weighted by atomic mass is 16.5. The highest BCUT2D eigenvalue weighted by molar-refractivity contribution is 5.73. The number of likely N-dealkylation sites (tertiary alicyclic amines) is 1. The molecule has 1 aromatic carbocycles. The number of benzene rings is 1. The topological polar surface area (TPSA) is 79.8 Å². The fourth-order valence-corrected chi connectivity index (χ4v) is 4.51. The van der Waals surface area contributed by atoms with Crippen molar-refractivity contribution >= 4 is 11.7 Å². The van der Waals surface area contributed by atoms with Gasteiger partial charge in [-0.25, -0.2) is 9.97 Å². The molecule has 3 heterocycles. The number of nitrogens with one attached hydrogen (secondary N) is 1. The molecule has 0 spiro atoms. The molecule has 8 nitrogen and oxygen atoms in total. The average Bonchev–Trinajstić information content (AvgIpc) is 2.82. The summed E-state index contributed by atoms with van der Waals surface area (Å²) >= 11 is 0. The summed E-state index contributed by atoms with van der Waals surface area (Å²) in [5.74, 6) is 3.15. The van der Waals surface area contributed by atoms with Crippen molar-refractivity contribution in [1.29, 1.82) is 0 Å². The third-order valence-electron chi connectivity index (χ3n) is 6.19. The number of hydrogen-bond donors (Lipinski definition) is 1. The lowest BCUT2D eigenvalue weighted by Crippen LogP contribution is -2.38. The molecule has 2 aromatic rings. The molecule has 1 N–H and O–H groups in total. The summed E-state index contributed by atoms with van der Waals surface area (Å²) in [6, 6.07) is 7.59. The van der Waals surface area contributed by atoms with Gasteiger partial charge in [0, 0.05) is 38.5 Å². The van der Waals surface area contributed by atoms with Crippen molar-refractivity contribution < 1.29 is 14.3 Å². The number of fused-ring (bicyclic) bond motifs is 1. The zero-order valence-corrected chi connectivity index (χ0v) is 19.3. The standard InChI is InChI=1S/C24H33N5O3/c1-17(30)29-13-7-6-8-20(29)24-26-19-11-14-28(2)16-18(19)23(27-24)25-12-15-32-22-10-5-4-9-21(22)31-3/h4-5,9-10,20H,6-8,11-16H2,1-3H3,(H,25,26,27)/t20-/m0/s1. The molecule has 8 heteroatoms. The van der Waals surface area contributed by atoms with E-state index in [9.17, 15) is 4.79 Å². The SMILES string of the molecule is COc1ccccc1OCCNc1nc([C@@H]2CCCCN2C(C)=O)nc2c1CN(C)CC2. The van der Waals surface area contributed by atoms with E-state index in [2.05, 4.69) is 17.3 Å². The van der Waals surface area contributed by atoms with Crippen LogP contribution in [0, 0.1) is 0 Å². The van der Waals surface area contributed by atoms with Gasteiger partial charge in [0.2, 0.25) is 5.91 Å². The second-order valence-electron chi connectivity index (χ2n) is 8.49. The number of methoxy groups -OCH3 is 1. The second-order valence-corrected chi connectivity index (χ2v) is 8.49. The normalized spacial score (nSPS) is 18.7. The molecule has 1 saturated heterocycles. The predicted octanol–water partition coefficient (Wildman–Crippen LogP) is 3.04. The summed E-state index contributed by atoms with van der Waals surface area (Å²) < 4.78 is 11.3. The molecule has 1 aromatic heterocycles. The Morgan fingerprint density at radius 1 is 1.19 bits per heavy atom. The van der Waals surface area contributed by atoms with Gasteiger partial charge < -0.3 is 24.6 Å². The molecule has 0 saturated carbocycles. The summed E-state index contributed by atoms with van der Waals surface area (Å²) in [6.07, 6.45) is 3.93. The molecule has 32 heavy (non-hydrogen) atoms. The summed E-state index contributed by atoms with van der Waals surface area (Å²) in [4.78, 5) is 26.3. The third-order valence-corrected chi connectivity index (χ3v) is 6.19. The van der Waals surface area contributed by atoms with Gasteiger partial charge in [0.25, 0.3) is 0 Å². The van der Waals surface area contributed by atoms with Gasteiger partial charge in [-0.2, -0.15) is 0 Å². The lowest BCUT2D eigenvalue weighted by Gasteiger charge is -2.35. The molecule has 172 valence electrons. The smallest absolute Gasteiger partial charge is 0.220 e. The quantitative estimate of drug-likeness (QED) is 0.664. The fourth-order valence-electron chi connectivity index (χ4n) is 4.51. The number of para-hydroxylation sites is 2. The Hall–Kier alpha value is -2.87. The van der Waals surface area contributed by atoms with Crippen molar-refractivity contribution in [2.75, 3.05) is 45.7 Å². The monoisotopic (exact) mass is 439 g/mol. The molecular formula is C24H33N5O3. The Morgan fingerprint density at radius 2 is 2.00 bits per heavy atom. The number of rotatable bonds is 7. The van der Waals surface area contributed by atoms with E-state index in [1.807, 2.05) is 29.2 Å². The van der Waals surface area contributed by atoms with Gasteiger partial charge in [-0.3, -0.25) is 4.79 Å². The molecule has 2 aliphatic heterocycles. The van der Waals surface area contributed by atoms with Crippen LogP contribution in [0.25, 0.3) is 0 Å². The minimum Gasteiger partial charge on any atom is -0.493 e. The maximum absolute atomic E-state index is 12.2. The number of likely N-dealkylation sites (N-methyl/N-ethyl adjacent to an activating group) is 1. The van der Waals surface area contributed by atoms with E-state index in [1.54, 1.807) is 14.0 Å². The minimum atomic E-state index is -0.0448. The van der Waals surface area contributed by atoms with E-state index in [4.69, 9.17) is 19.4 Å². The molecular weight excluding hydrogens is 406 g/mol. The second kappa shape index (κ2) is 10.2. The summed E-state index contributed by atoms with van der Waals surface area (Å²) in [7, 11) is 3.76. The molecule has 1 atom stereocenters. The number of nitrogens with zero attached hydrogens (tertiary/aromatic N) is 4. The van der Waals surface area contributed by atoms with E-state index < -0.39 is 0 Å². The Kier molecular flexibility index (Phi) is 7.09. The van der Waals surface area contributed by atoms with Crippen LogP contribution >= 0.6 is 0 Å². The number of piperidine rings is 1. The van der Waals surface area contributed by atoms with Crippen molar-refractivity contribution in [1.82, 2.24) is 19.8 Å². The molecule has 0 aliphatic carbocycles. The maximum Gasteiger partial charge on any atom is 0.220 e. The number of aromatic nitrogens is 2. The molecule has 0 radical (unpaired) electrons. The first-order chi connectivity index (χ1) is 15.6. The third kappa shape index (κ3) is 4.96. The molecule has 4 rings (SSSR count). The molecule has 1 amide bonds. The highest BCUT2D eigenvalue weighted by Crippen LogP contribution is 2.32. The first kappa shape index (κ1) is 22.3. The van der Waals surface area contributed by atoms with Crippen molar-refractivity contribution in [3.8, 4) is 11.5 Å². The maximum atomic E-state index is 12.2. The van der Waals surface area contributed by atoms with E-state index in [0.717, 1.165) is 79.7 Å². The van der Waals surface area contributed by atoms with Crippen molar-refractivity contribution in [3.05, 3.63) is 41.3 Å². The summed E-state index contributed by atoms with van der Waals surface area (Å²) in [6.45, 7) is 5.28. The van der Waals surface area contributed by atoms with Crippen LogP contribution in [-0.2, 0) is 17.8 Å². The number of anilines is 1. The summed E-state index contributed by atoms with van der Waals surface area (Å²) in [5.41, 5.74) is 2.24. The van der Waals surface area contributed by atoms with Gasteiger partial charge in [-0.15, -0.1) is 0 Å². The summed E-state index contributed by atoms with van der Waals surface area (Å²) in [5, 5.41) is 3.48. The van der Waals surface area contributed by atoms with Crippen LogP contribution in [0.15, 0.2) is 24.3 Å². The minimum absolute atomic E-state index is 0.0448. The number of carbonyl (C=O) groups excluding carboxylic acids is 1. The Bertz CT molecular complexity index is 951. The fraction of sp³-hybridized carbons (Fsp3) is 0.542. The molecule has 2 aliphatic rings. The number of ether oxygens (including phenoxy) is 2. The number of amides is 1. The van der Waals surface area contributed by atoms with Crippen LogP contribution in [0.3, 0.4) is 0 Å². The van der Waals surface area contributed by atoms with Gasteiger partial charge in [-0.05, 0) is 38.4 Å². The van der Waals surface area contributed by atoms with Crippen LogP contribution < -0.4 is 14.8 Å². The van der Waals surface area contributed by atoms with Crippen LogP contribution in [0.5, 0.6) is 11.5 Å². The van der Waals surface area contributed by atoms with Gasteiger partial charge >= 0.3 is 0 Å². The van der Waals surface area contributed by atoms with Crippen LogP contribution in [0.1, 0.15) is 49.3 Å². The van der Waals surface area contributed by atoms with Crippen molar-refractivity contribution in [2.45, 2.75) is 45.2 Å². The lowest BCUT2D eigenvalue weighted by atomic mass is 10.00. The van der Waals surface area contributed by atoms with Crippen molar-refractivity contribution in [2.24, 2.45) is 0 Å². The van der Waals surface area contributed by atoms with E-state index in [1.165, 1.54) is 0 Å². The Morgan fingerprint density at radius 3 is 2.78 bits per heavy atom. The van der Waals surface area contributed by atoms with Gasteiger partial charge in [0.15, 0.2) is 17.3 Å². The van der Waals surface area contributed by atoms with Crippen LogP contribution in [0.2, 0.25) is 0 Å². The van der Waals surface area contributed by atoms with E-state index in [0.29, 0.717) is 13.2 Å².